The number of rotatable bonds is 2. The Kier molecular flexibility index (Phi) is 4.14. The molecule has 0 radical (unpaired) electrons. The molecule has 1 saturated heterocycles. The average Bonchev–Trinajstić information content (AvgIpc) is 2.16. The molecule has 3 nitrogen and oxygen atoms in total. The van der Waals surface area contributed by atoms with Gasteiger partial charge in [-0.2, -0.15) is 0 Å². The molecule has 1 heterocycles. The van der Waals surface area contributed by atoms with Gasteiger partial charge in [-0.3, -0.25) is 9.69 Å². The molecular weight excluding hydrogens is 188 g/mol. The van der Waals surface area contributed by atoms with Crippen molar-refractivity contribution < 1.29 is 4.79 Å². The lowest BCUT2D eigenvalue weighted by Crippen LogP contribution is -2.56. The van der Waals surface area contributed by atoms with Crippen LogP contribution in [0.1, 0.15) is 34.6 Å². The van der Waals surface area contributed by atoms with Crippen LogP contribution in [0.4, 0.5) is 0 Å². The van der Waals surface area contributed by atoms with Crippen LogP contribution < -0.4 is 0 Å². The SMILES string of the molecule is CC(C)C(=O)N1CCN(C(C)C)C[C@@H]1C. The van der Waals surface area contributed by atoms with Crippen molar-refractivity contribution >= 4 is 5.91 Å². The van der Waals surface area contributed by atoms with Crippen LogP contribution in [-0.4, -0.2) is 47.4 Å². The van der Waals surface area contributed by atoms with Crippen LogP contribution >= 0.6 is 0 Å². The standard InChI is InChI=1S/C12H24N2O/c1-9(2)12(15)14-7-6-13(10(3)4)8-11(14)5/h9-11H,6-8H2,1-5H3/t11-/m0/s1. The highest BCUT2D eigenvalue weighted by Crippen LogP contribution is 2.14. The molecule has 0 aliphatic carbocycles. The Hall–Kier alpha value is -0.570. The zero-order chi connectivity index (χ0) is 11.6. The third-order valence-corrected chi connectivity index (χ3v) is 3.17. The summed E-state index contributed by atoms with van der Waals surface area (Å²) in [5, 5.41) is 0. The van der Waals surface area contributed by atoms with Gasteiger partial charge in [0.15, 0.2) is 0 Å². The number of hydrogen-bond acceptors (Lipinski definition) is 2. The summed E-state index contributed by atoms with van der Waals surface area (Å²) in [7, 11) is 0. The molecule has 0 unspecified atom stereocenters. The van der Waals surface area contributed by atoms with Gasteiger partial charge in [-0.1, -0.05) is 13.8 Å². The van der Waals surface area contributed by atoms with E-state index in [0.29, 0.717) is 18.0 Å². The Labute approximate surface area is 93.4 Å². The fraction of sp³-hybridized carbons (Fsp3) is 0.917. The van der Waals surface area contributed by atoms with E-state index in [9.17, 15) is 4.79 Å². The van der Waals surface area contributed by atoms with Gasteiger partial charge in [-0.05, 0) is 20.8 Å². The van der Waals surface area contributed by atoms with Crippen molar-refractivity contribution in [2.75, 3.05) is 19.6 Å². The third kappa shape index (κ3) is 2.94. The lowest BCUT2D eigenvalue weighted by atomic mass is 10.1. The maximum atomic E-state index is 11.9. The molecule has 1 fully saturated rings. The highest BCUT2D eigenvalue weighted by Gasteiger charge is 2.29. The van der Waals surface area contributed by atoms with E-state index in [1.54, 1.807) is 0 Å². The third-order valence-electron chi connectivity index (χ3n) is 3.17. The fourth-order valence-corrected chi connectivity index (χ4v) is 2.11. The van der Waals surface area contributed by atoms with Crippen LogP contribution in [-0.2, 0) is 4.79 Å². The maximum absolute atomic E-state index is 11.9. The summed E-state index contributed by atoms with van der Waals surface area (Å²) >= 11 is 0. The fourth-order valence-electron chi connectivity index (χ4n) is 2.11. The first kappa shape index (κ1) is 12.5. The molecule has 88 valence electrons. The van der Waals surface area contributed by atoms with Gasteiger partial charge in [0.05, 0.1) is 0 Å². The van der Waals surface area contributed by atoms with Gasteiger partial charge in [0.1, 0.15) is 0 Å². The minimum Gasteiger partial charge on any atom is -0.337 e. The van der Waals surface area contributed by atoms with E-state index in [4.69, 9.17) is 0 Å². The van der Waals surface area contributed by atoms with E-state index >= 15 is 0 Å². The van der Waals surface area contributed by atoms with Gasteiger partial charge in [-0.25, -0.2) is 0 Å². The predicted octanol–water partition coefficient (Wildman–Crippen LogP) is 1.58. The lowest BCUT2D eigenvalue weighted by molar-refractivity contribution is -0.139. The summed E-state index contributed by atoms with van der Waals surface area (Å²) in [6, 6.07) is 0.944. The van der Waals surface area contributed by atoms with Crippen LogP contribution in [0.5, 0.6) is 0 Å². The molecule has 0 spiro atoms. The zero-order valence-corrected chi connectivity index (χ0v) is 10.7. The molecule has 15 heavy (non-hydrogen) atoms. The lowest BCUT2D eigenvalue weighted by Gasteiger charge is -2.42. The molecular formula is C12H24N2O. The highest BCUT2D eigenvalue weighted by atomic mass is 16.2. The first-order valence-corrected chi connectivity index (χ1v) is 5.98. The predicted molar refractivity (Wildman–Crippen MR) is 62.7 cm³/mol. The van der Waals surface area contributed by atoms with Gasteiger partial charge in [-0.15, -0.1) is 0 Å². The van der Waals surface area contributed by atoms with Crippen LogP contribution in [0.15, 0.2) is 0 Å². The molecule has 3 heteroatoms. The molecule has 1 amide bonds. The Bertz CT molecular complexity index is 226. The van der Waals surface area contributed by atoms with E-state index in [1.165, 1.54) is 0 Å². The summed E-state index contributed by atoms with van der Waals surface area (Å²) in [6.07, 6.45) is 0. The van der Waals surface area contributed by atoms with E-state index in [-0.39, 0.29) is 5.92 Å². The quantitative estimate of drug-likeness (QED) is 0.694. The molecule has 0 aromatic rings. The second-order valence-corrected chi connectivity index (χ2v) is 5.12. The molecule has 1 atom stereocenters. The molecule has 0 N–H and O–H groups in total. The molecule has 1 aliphatic rings. The number of piperazine rings is 1. The van der Waals surface area contributed by atoms with Gasteiger partial charge in [0.2, 0.25) is 5.91 Å². The monoisotopic (exact) mass is 212 g/mol. The Balaban J connectivity index is 2.56. The van der Waals surface area contributed by atoms with Gasteiger partial charge >= 0.3 is 0 Å². The second-order valence-electron chi connectivity index (χ2n) is 5.12. The summed E-state index contributed by atoms with van der Waals surface area (Å²) in [4.78, 5) is 16.4. The van der Waals surface area contributed by atoms with Crippen molar-refractivity contribution in [1.29, 1.82) is 0 Å². The van der Waals surface area contributed by atoms with Crippen molar-refractivity contribution in [2.45, 2.75) is 46.7 Å². The zero-order valence-electron chi connectivity index (χ0n) is 10.7. The highest BCUT2D eigenvalue weighted by molar-refractivity contribution is 5.78. The van der Waals surface area contributed by atoms with Gasteiger partial charge < -0.3 is 4.90 Å². The van der Waals surface area contributed by atoms with E-state index in [0.717, 1.165) is 19.6 Å². The minimum absolute atomic E-state index is 0.123. The normalized spacial score (nSPS) is 23.9. The van der Waals surface area contributed by atoms with Gasteiger partial charge in [0, 0.05) is 37.6 Å². The van der Waals surface area contributed by atoms with E-state index in [1.807, 2.05) is 18.7 Å². The summed E-state index contributed by atoms with van der Waals surface area (Å²) < 4.78 is 0. The van der Waals surface area contributed by atoms with Crippen LogP contribution in [0, 0.1) is 5.92 Å². The second kappa shape index (κ2) is 4.97. The van der Waals surface area contributed by atoms with Crippen molar-refractivity contribution in [3.8, 4) is 0 Å². The number of amides is 1. The van der Waals surface area contributed by atoms with Gasteiger partial charge in [0.25, 0.3) is 0 Å². The molecule has 1 rings (SSSR count). The topological polar surface area (TPSA) is 23.6 Å². The molecule has 1 aliphatic heterocycles. The van der Waals surface area contributed by atoms with Crippen molar-refractivity contribution in [3.63, 3.8) is 0 Å². The van der Waals surface area contributed by atoms with Crippen LogP contribution in [0.25, 0.3) is 0 Å². The first-order valence-electron chi connectivity index (χ1n) is 5.98. The van der Waals surface area contributed by atoms with E-state index in [2.05, 4.69) is 25.7 Å². The smallest absolute Gasteiger partial charge is 0.225 e. The summed E-state index contributed by atoms with van der Waals surface area (Å²) in [6.45, 7) is 13.4. The van der Waals surface area contributed by atoms with Crippen LogP contribution in [0.2, 0.25) is 0 Å². The summed E-state index contributed by atoms with van der Waals surface area (Å²) in [5.74, 6) is 0.420. The number of carbonyl (C=O) groups is 1. The molecule has 0 bridgehead atoms. The van der Waals surface area contributed by atoms with Crippen molar-refractivity contribution in [2.24, 2.45) is 5.92 Å². The maximum Gasteiger partial charge on any atom is 0.225 e. The molecule has 0 aromatic carbocycles. The molecule has 0 saturated carbocycles. The van der Waals surface area contributed by atoms with Crippen molar-refractivity contribution in [1.82, 2.24) is 9.80 Å². The van der Waals surface area contributed by atoms with Crippen LogP contribution in [0.3, 0.4) is 0 Å². The Morgan fingerprint density at radius 2 is 1.80 bits per heavy atom. The van der Waals surface area contributed by atoms with E-state index < -0.39 is 0 Å². The number of carbonyl (C=O) groups excluding carboxylic acids is 1. The average molecular weight is 212 g/mol. The Morgan fingerprint density at radius 1 is 1.20 bits per heavy atom. The number of hydrogen-bond donors (Lipinski definition) is 0. The largest absolute Gasteiger partial charge is 0.337 e. The summed E-state index contributed by atoms with van der Waals surface area (Å²) in [5.41, 5.74) is 0. The Morgan fingerprint density at radius 3 is 2.20 bits per heavy atom. The molecule has 0 aromatic heterocycles. The first-order chi connectivity index (χ1) is 6.93. The number of nitrogens with zero attached hydrogens (tertiary/aromatic N) is 2. The van der Waals surface area contributed by atoms with Crippen molar-refractivity contribution in [3.05, 3.63) is 0 Å². The minimum atomic E-state index is 0.123.